The third-order valence-corrected chi connectivity index (χ3v) is 2.80. The molecule has 0 aliphatic heterocycles. The van der Waals surface area contributed by atoms with E-state index in [0.29, 0.717) is 11.4 Å². The molecule has 2 aromatic rings. The molecule has 0 radical (unpaired) electrons. The summed E-state index contributed by atoms with van der Waals surface area (Å²) in [5.74, 6) is 0.172. The van der Waals surface area contributed by atoms with Gasteiger partial charge in [0, 0.05) is 12.3 Å². The molecule has 22 heavy (non-hydrogen) atoms. The Morgan fingerprint density at radius 2 is 1.64 bits per heavy atom. The monoisotopic (exact) mass is 334 g/mol. The summed E-state index contributed by atoms with van der Waals surface area (Å²) < 4.78 is 45.0. The Balaban J connectivity index is 0.00000242. The second-order valence-electron chi connectivity index (χ2n) is 4.23. The van der Waals surface area contributed by atoms with Gasteiger partial charge in [-0.1, -0.05) is 18.2 Å². The van der Waals surface area contributed by atoms with Gasteiger partial charge in [-0.15, -0.1) is 25.6 Å². The molecule has 1 atom stereocenters. The molecule has 2 N–H and O–H groups in total. The summed E-state index contributed by atoms with van der Waals surface area (Å²) >= 11 is 0. The molecule has 2 rings (SSSR count). The maximum Gasteiger partial charge on any atom is 0.573 e. The molecular formula is C14H14ClF3N2O2. The predicted molar refractivity (Wildman–Crippen MR) is 77.2 cm³/mol. The van der Waals surface area contributed by atoms with E-state index in [0.717, 1.165) is 5.56 Å². The van der Waals surface area contributed by atoms with Crippen LogP contribution < -0.4 is 15.2 Å². The minimum atomic E-state index is -4.70. The fraction of sp³-hybridized carbons (Fsp3) is 0.214. The van der Waals surface area contributed by atoms with Crippen molar-refractivity contribution in [2.75, 3.05) is 7.11 Å². The fourth-order valence-corrected chi connectivity index (χ4v) is 1.77. The van der Waals surface area contributed by atoms with Crippen molar-refractivity contribution in [1.82, 2.24) is 4.98 Å². The molecule has 0 saturated carbocycles. The molecule has 0 aliphatic rings. The summed E-state index contributed by atoms with van der Waals surface area (Å²) in [6.07, 6.45) is -3.15. The largest absolute Gasteiger partial charge is 0.573 e. The molecule has 0 unspecified atom stereocenters. The number of methoxy groups -OCH3 is 1. The lowest BCUT2D eigenvalue weighted by molar-refractivity contribution is -0.274. The highest BCUT2D eigenvalue weighted by Gasteiger charge is 2.31. The van der Waals surface area contributed by atoms with Crippen LogP contribution in [-0.2, 0) is 0 Å². The first-order valence-corrected chi connectivity index (χ1v) is 6.00. The van der Waals surface area contributed by atoms with Crippen molar-refractivity contribution in [3.63, 3.8) is 0 Å². The average Bonchev–Trinajstić information content (AvgIpc) is 2.46. The van der Waals surface area contributed by atoms with Crippen molar-refractivity contribution in [1.29, 1.82) is 0 Å². The number of alkyl halides is 3. The number of nitrogens with zero attached hydrogens (tertiary/aromatic N) is 1. The minimum Gasteiger partial charge on any atom is -0.481 e. The average molecular weight is 335 g/mol. The molecule has 4 nitrogen and oxygen atoms in total. The van der Waals surface area contributed by atoms with Gasteiger partial charge >= 0.3 is 6.36 Å². The van der Waals surface area contributed by atoms with Gasteiger partial charge in [0.05, 0.1) is 13.2 Å². The molecule has 1 aromatic heterocycles. The van der Waals surface area contributed by atoms with E-state index in [1.54, 1.807) is 18.3 Å². The topological polar surface area (TPSA) is 57.4 Å². The first-order valence-electron chi connectivity index (χ1n) is 6.00. The van der Waals surface area contributed by atoms with Crippen molar-refractivity contribution in [3.05, 3.63) is 53.7 Å². The summed E-state index contributed by atoms with van der Waals surface area (Å²) in [5.41, 5.74) is 7.41. The van der Waals surface area contributed by atoms with Crippen LogP contribution in [0.25, 0.3) is 0 Å². The summed E-state index contributed by atoms with van der Waals surface area (Å²) in [6, 6.07) is 8.32. The van der Waals surface area contributed by atoms with Gasteiger partial charge in [0.25, 0.3) is 0 Å². The van der Waals surface area contributed by atoms with Crippen molar-refractivity contribution in [2.45, 2.75) is 12.4 Å². The van der Waals surface area contributed by atoms with Crippen molar-refractivity contribution in [2.24, 2.45) is 5.73 Å². The van der Waals surface area contributed by atoms with Crippen LogP contribution in [0.5, 0.6) is 11.6 Å². The maximum absolute atomic E-state index is 12.1. The van der Waals surface area contributed by atoms with Gasteiger partial charge in [-0.3, -0.25) is 0 Å². The van der Waals surface area contributed by atoms with Crippen molar-refractivity contribution in [3.8, 4) is 11.6 Å². The normalized spacial score (nSPS) is 12.2. The molecule has 0 amide bonds. The second-order valence-corrected chi connectivity index (χ2v) is 4.23. The van der Waals surface area contributed by atoms with E-state index in [4.69, 9.17) is 10.5 Å². The molecule has 120 valence electrons. The zero-order chi connectivity index (χ0) is 15.5. The van der Waals surface area contributed by atoms with Crippen LogP contribution in [0.2, 0.25) is 0 Å². The second kappa shape index (κ2) is 7.33. The third-order valence-electron chi connectivity index (χ3n) is 2.80. The fourth-order valence-electron chi connectivity index (χ4n) is 1.77. The van der Waals surface area contributed by atoms with E-state index < -0.39 is 12.4 Å². The molecule has 0 spiro atoms. The molecule has 0 fully saturated rings. The maximum atomic E-state index is 12.1. The Labute approximate surface area is 131 Å². The lowest BCUT2D eigenvalue weighted by Gasteiger charge is -2.14. The van der Waals surface area contributed by atoms with E-state index in [9.17, 15) is 13.2 Å². The third kappa shape index (κ3) is 4.78. The Kier molecular flexibility index (Phi) is 6.01. The molecule has 1 heterocycles. The molecule has 0 aliphatic carbocycles. The van der Waals surface area contributed by atoms with Crippen LogP contribution in [0.4, 0.5) is 13.2 Å². The first-order chi connectivity index (χ1) is 9.89. The van der Waals surface area contributed by atoms with Gasteiger partial charge in [0.2, 0.25) is 5.88 Å². The lowest BCUT2D eigenvalue weighted by Crippen LogP contribution is -2.17. The Bertz CT molecular complexity index is 589. The Morgan fingerprint density at radius 3 is 2.09 bits per heavy atom. The standard InChI is InChI=1S/C14H13F3N2O2.ClH/c1-20-12-7-4-10(8-19-12)13(18)9-2-5-11(6-3-9)21-14(15,16)17;/h2-8,13H,18H2,1H3;1H/t13-;/m0./s1. The van der Waals surface area contributed by atoms with Crippen LogP contribution in [-0.4, -0.2) is 18.5 Å². The van der Waals surface area contributed by atoms with E-state index >= 15 is 0 Å². The highest BCUT2D eigenvalue weighted by Crippen LogP contribution is 2.26. The van der Waals surface area contributed by atoms with E-state index in [2.05, 4.69) is 9.72 Å². The van der Waals surface area contributed by atoms with Crippen LogP contribution in [0, 0.1) is 0 Å². The molecule has 1 aromatic carbocycles. The van der Waals surface area contributed by atoms with Crippen molar-refractivity contribution < 1.29 is 22.6 Å². The number of ether oxygens (including phenoxy) is 2. The SMILES string of the molecule is COc1ccc([C@@H](N)c2ccc(OC(F)(F)F)cc2)cn1.Cl. The highest BCUT2D eigenvalue weighted by molar-refractivity contribution is 5.85. The van der Waals surface area contributed by atoms with E-state index in [-0.39, 0.29) is 18.2 Å². The van der Waals surface area contributed by atoms with Gasteiger partial charge in [0.1, 0.15) is 5.75 Å². The van der Waals surface area contributed by atoms with E-state index in [1.165, 1.54) is 31.4 Å². The van der Waals surface area contributed by atoms with Crippen LogP contribution in [0.3, 0.4) is 0 Å². The number of halogens is 4. The number of aromatic nitrogens is 1. The van der Waals surface area contributed by atoms with Gasteiger partial charge in [0.15, 0.2) is 0 Å². The molecule has 8 heteroatoms. The first kappa shape index (κ1) is 18.1. The summed E-state index contributed by atoms with van der Waals surface area (Å²) in [6.45, 7) is 0. The smallest absolute Gasteiger partial charge is 0.481 e. The van der Waals surface area contributed by atoms with Crippen LogP contribution >= 0.6 is 12.4 Å². The zero-order valence-electron chi connectivity index (χ0n) is 11.5. The molecule has 0 bridgehead atoms. The quantitative estimate of drug-likeness (QED) is 0.930. The Hall–Kier alpha value is -1.99. The highest BCUT2D eigenvalue weighted by atomic mass is 35.5. The summed E-state index contributed by atoms with van der Waals surface area (Å²) in [4.78, 5) is 4.03. The van der Waals surface area contributed by atoms with Crippen molar-refractivity contribution >= 4 is 12.4 Å². The molecule has 0 saturated heterocycles. The number of pyridine rings is 1. The molecular weight excluding hydrogens is 321 g/mol. The van der Waals surface area contributed by atoms with Crippen LogP contribution in [0.15, 0.2) is 42.6 Å². The number of rotatable bonds is 4. The van der Waals surface area contributed by atoms with Gasteiger partial charge < -0.3 is 15.2 Å². The van der Waals surface area contributed by atoms with Crippen LogP contribution in [0.1, 0.15) is 17.2 Å². The summed E-state index contributed by atoms with van der Waals surface area (Å²) in [7, 11) is 1.50. The Morgan fingerprint density at radius 1 is 1.05 bits per heavy atom. The lowest BCUT2D eigenvalue weighted by atomic mass is 10.0. The van der Waals surface area contributed by atoms with Gasteiger partial charge in [-0.2, -0.15) is 0 Å². The van der Waals surface area contributed by atoms with Gasteiger partial charge in [-0.05, 0) is 23.3 Å². The van der Waals surface area contributed by atoms with E-state index in [1.807, 2.05) is 0 Å². The summed E-state index contributed by atoms with van der Waals surface area (Å²) in [5, 5.41) is 0. The zero-order valence-corrected chi connectivity index (χ0v) is 12.3. The number of nitrogens with two attached hydrogens (primary N) is 1. The number of benzene rings is 1. The minimum absolute atomic E-state index is 0. The number of hydrogen-bond donors (Lipinski definition) is 1. The predicted octanol–water partition coefficient (Wildman–Crippen LogP) is 3.46. The number of hydrogen-bond acceptors (Lipinski definition) is 4. The van der Waals surface area contributed by atoms with Gasteiger partial charge in [-0.25, -0.2) is 4.98 Å².